The lowest BCUT2D eigenvalue weighted by Crippen LogP contribution is -2.42. The van der Waals surface area contributed by atoms with Crippen molar-refractivity contribution in [2.45, 2.75) is 31.2 Å². The van der Waals surface area contributed by atoms with Crippen molar-refractivity contribution in [2.75, 3.05) is 10.8 Å². The third-order valence-electron chi connectivity index (χ3n) is 5.17. The number of rotatable bonds is 9. The van der Waals surface area contributed by atoms with E-state index in [1.54, 1.807) is 18.2 Å². The largest absolute Gasteiger partial charge is 0.348 e. The Hall–Kier alpha value is -3.72. The summed E-state index contributed by atoms with van der Waals surface area (Å²) in [6, 6.07) is 20.3. The molecule has 8 nitrogen and oxygen atoms in total. The molecule has 0 heterocycles. The molecule has 3 aromatic carbocycles. The Morgan fingerprint density at radius 3 is 2.30 bits per heavy atom. The summed E-state index contributed by atoms with van der Waals surface area (Å²) in [6.07, 6.45) is 0.608. The monoisotopic (exact) mass is 467 g/mol. The van der Waals surface area contributed by atoms with E-state index in [0.717, 1.165) is 21.5 Å². The van der Waals surface area contributed by atoms with Crippen molar-refractivity contribution in [2.24, 2.45) is 0 Å². The molecular formula is C24H25N3O5S. The van der Waals surface area contributed by atoms with E-state index < -0.39 is 27.4 Å². The van der Waals surface area contributed by atoms with Crippen LogP contribution in [0.2, 0.25) is 0 Å². The number of carbonyl (C=O) groups excluding carboxylic acids is 1. The van der Waals surface area contributed by atoms with Crippen LogP contribution in [0.5, 0.6) is 0 Å². The van der Waals surface area contributed by atoms with Gasteiger partial charge in [-0.3, -0.25) is 19.2 Å². The van der Waals surface area contributed by atoms with E-state index in [0.29, 0.717) is 6.42 Å². The van der Waals surface area contributed by atoms with Gasteiger partial charge in [0.25, 0.3) is 15.7 Å². The number of hydrogen-bond donors (Lipinski definition) is 1. The zero-order valence-corrected chi connectivity index (χ0v) is 19.2. The number of aryl methyl sites for hydroxylation is 1. The third-order valence-corrected chi connectivity index (χ3v) is 6.96. The molecule has 3 aromatic rings. The third kappa shape index (κ3) is 5.75. The number of benzene rings is 3. The Morgan fingerprint density at radius 1 is 1.03 bits per heavy atom. The van der Waals surface area contributed by atoms with Gasteiger partial charge in [0.2, 0.25) is 5.91 Å². The van der Waals surface area contributed by atoms with Gasteiger partial charge in [0, 0.05) is 12.1 Å². The molecule has 0 spiro atoms. The van der Waals surface area contributed by atoms with Gasteiger partial charge in [-0.1, -0.05) is 61.0 Å². The van der Waals surface area contributed by atoms with Crippen LogP contribution in [0, 0.1) is 17.0 Å². The van der Waals surface area contributed by atoms with Gasteiger partial charge in [0.1, 0.15) is 6.54 Å². The number of nitrogens with one attached hydrogen (secondary N) is 1. The lowest BCUT2D eigenvalue weighted by atomic mass is 10.0. The molecule has 0 unspecified atom stereocenters. The lowest BCUT2D eigenvalue weighted by Gasteiger charge is -2.25. The number of hydrogen-bond acceptors (Lipinski definition) is 5. The summed E-state index contributed by atoms with van der Waals surface area (Å²) < 4.78 is 27.7. The summed E-state index contributed by atoms with van der Waals surface area (Å²) in [5.41, 5.74) is 1.76. The van der Waals surface area contributed by atoms with E-state index in [9.17, 15) is 23.3 Å². The van der Waals surface area contributed by atoms with E-state index in [2.05, 4.69) is 5.32 Å². The maximum atomic E-state index is 13.4. The Kier molecular flexibility index (Phi) is 7.44. The van der Waals surface area contributed by atoms with E-state index in [4.69, 9.17) is 0 Å². The van der Waals surface area contributed by atoms with Crippen LogP contribution in [-0.2, 0) is 14.8 Å². The van der Waals surface area contributed by atoms with Crippen molar-refractivity contribution in [1.82, 2.24) is 5.32 Å². The fourth-order valence-corrected chi connectivity index (χ4v) is 4.82. The lowest BCUT2D eigenvalue weighted by molar-refractivity contribution is -0.384. The average Bonchev–Trinajstić information content (AvgIpc) is 2.82. The van der Waals surface area contributed by atoms with Crippen LogP contribution >= 0.6 is 0 Å². The number of nitro benzene ring substituents is 1. The fourth-order valence-electron chi connectivity index (χ4n) is 3.39. The molecule has 0 fully saturated rings. The summed E-state index contributed by atoms with van der Waals surface area (Å²) in [5.74, 6) is -0.520. The molecule has 0 bridgehead atoms. The van der Waals surface area contributed by atoms with Crippen molar-refractivity contribution in [3.8, 4) is 0 Å². The Morgan fingerprint density at radius 2 is 1.70 bits per heavy atom. The first-order valence-electron chi connectivity index (χ1n) is 10.4. The second kappa shape index (κ2) is 10.3. The van der Waals surface area contributed by atoms with E-state index in [1.807, 2.05) is 38.1 Å². The van der Waals surface area contributed by atoms with E-state index >= 15 is 0 Å². The van der Waals surface area contributed by atoms with Crippen molar-refractivity contribution in [3.63, 3.8) is 0 Å². The number of carbonyl (C=O) groups is 1. The summed E-state index contributed by atoms with van der Waals surface area (Å²) in [6.45, 7) is 3.36. The van der Waals surface area contributed by atoms with Gasteiger partial charge in [-0.15, -0.1) is 0 Å². The standard InChI is InChI=1S/C24H25N3O5S/c1-3-23(19-14-12-18(2)13-15-19)25-24(28)17-26(20-8-7-9-21(16-20)27(29)30)33(31,32)22-10-5-4-6-11-22/h4-16,23H,3,17H2,1-2H3,(H,25,28)/t23-/m1/s1. The highest BCUT2D eigenvalue weighted by molar-refractivity contribution is 7.92. The van der Waals surface area contributed by atoms with Crippen LogP contribution in [0.1, 0.15) is 30.5 Å². The molecule has 3 rings (SSSR count). The molecule has 1 N–H and O–H groups in total. The maximum Gasteiger partial charge on any atom is 0.271 e. The number of sulfonamides is 1. The molecule has 0 radical (unpaired) electrons. The van der Waals surface area contributed by atoms with Gasteiger partial charge in [-0.25, -0.2) is 8.42 Å². The molecule has 0 saturated carbocycles. The number of nitrogens with zero attached hydrogens (tertiary/aromatic N) is 2. The first kappa shape index (κ1) is 23.9. The Bertz CT molecular complexity index is 1230. The first-order chi connectivity index (χ1) is 15.7. The van der Waals surface area contributed by atoms with Gasteiger partial charge in [-0.2, -0.15) is 0 Å². The van der Waals surface area contributed by atoms with Gasteiger partial charge in [0.05, 0.1) is 21.5 Å². The molecule has 0 aromatic heterocycles. The minimum atomic E-state index is -4.15. The summed E-state index contributed by atoms with van der Waals surface area (Å²) in [7, 11) is -4.15. The maximum absolute atomic E-state index is 13.4. The summed E-state index contributed by atoms with van der Waals surface area (Å²) >= 11 is 0. The van der Waals surface area contributed by atoms with Crippen LogP contribution in [0.25, 0.3) is 0 Å². The molecule has 172 valence electrons. The van der Waals surface area contributed by atoms with Crippen LogP contribution in [0.4, 0.5) is 11.4 Å². The van der Waals surface area contributed by atoms with Gasteiger partial charge < -0.3 is 5.32 Å². The first-order valence-corrected chi connectivity index (χ1v) is 11.8. The van der Waals surface area contributed by atoms with Crippen molar-refractivity contribution in [1.29, 1.82) is 0 Å². The predicted molar refractivity (Wildman–Crippen MR) is 126 cm³/mol. The molecule has 0 aliphatic carbocycles. The topological polar surface area (TPSA) is 110 Å². The van der Waals surface area contributed by atoms with Gasteiger partial charge in [-0.05, 0) is 37.1 Å². The Labute approximate surface area is 193 Å². The molecule has 1 amide bonds. The summed E-state index contributed by atoms with van der Waals surface area (Å²) in [4.78, 5) is 23.6. The van der Waals surface area contributed by atoms with Crippen molar-refractivity contribution < 1.29 is 18.1 Å². The van der Waals surface area contributed by atoms with Crippen molar-refractivity contribution >= 4 is 27.3 Å². The number of non-ortho nitro benzene ring substituents is 1. The smallest absolute Gasteiger partial charge is 0.271 e. The SMILES string of the molecule is CC[C@@H](NC(=O)CN(c1cccc([N+](=O)[O-])c1)S(=O)(=O)c1ccccc1)c1ccc(C)cc1. The fraction of sp³-hybridized carbons (Fsp3) is 0.208. The van der Waals surface area contributed by atoms with Gasteiger partial charge in [0.15, 0.2) is 0 Å². The van der Waals surface area contributed by atoms with E-state index in [-0.39, 0.29) is 22.3 Å². The van der Waals surface area contributed by atoms with Crippen LogP contribution < -0.4 is 9.62 Å². The highest BCUT2D eigenvalue weighted by atomic mass is 32.2. The van der Waals surface area contributed by atoms with Crippen molar-refractivity contribution in [3.05, 3.63) is 100 Å². The molecular weight excluding hydrogens is 442 g/mol. The second-order valence-electron chi connectivity index (χ2n) is 7.54. The second-order valence-corrected chi connectivity index (χ2v) is 9.40. The van der Waals surface area contributed by atoms with E-state index in [1.165, 1.54) is 30.3 Å². The normalized spacial score (nSPS) is 12.1. The zero-order valence-electron chi connectivity index (χ0n) is 18.3. The summed E-state index contributed by atoms with van der Waals surface area (Å²) in [5, 5.41) is 14.1. The molecule has 0 saturated heterocycles. The molecule has 0 aliphatic heterocycles. The molecule has 0 aliphatic rings. The number of amides is 1. The molecule has 33 heavy (non-hydrogen) atoms. The zero-order chi connectivity index (χ0) is 24.0. The number of nitro groups is 1. The van der Waals surface area contributed by atoms with Crippen LogP contribution in [-0.4, -0.2) is 25.8 Å². The Balaban J connectivity index is 1.94. The predicted octanol–water partition coefficient (Wildman–Crippen LogP) is 4.37. The van der Waals surface area contributed by atoms with Crippen LogP contribution in [0.15, 0.2) is 83.8 Å². The van der Waals surface area contributed by atoms with Crippen LogP contribution in [0.3, 0.4) is 0 Å². The molecule has 1 atom stereocenters. The minimum Gasteiger partial charge on any atom is -0.348 e. The van der Waals surface area contributed by atoms with Gasteiger partial charge >= 0.3 is 0 Å². The highest BCUT2D eigenvalue weighted by Crippen LogP contribution is 2.27. The average molecular weight is 468 g/mol. The minimum absolute atomic E-state index is 0.0186. The highest BCUT2D eigenvalue weighted by Gasteiger charge is 2.29. The quantitative estimate of drug-likeness (QED) is 0.371. The molecule has 9 heteroatoms. The number of anilines is 1.